The molecule has 0 radical (unpaired) electrons. The van der Waals surface area contributed by atoms with Gasteiger partial charge in [0.2, 0.25) is 17.7 Å². The molecule has 0 saturated carbocycles. The molecular formula is C21H19ClFN3O3. The van der Waals surface area contributed by atoms with Gasteiger partial charge in [0.25, 0.3) is 0 Å². The SMILES string of the molecule is O=C1CCc2cc(N3CCC(C(=O)NCc4ccc(F)cc4Cl)C3=O)ccc2N1. The summed E-state index contributed by atoms with van der Waals surface area (Å²) in [7, 11) is 0. The predicted octanol–water partition coefficient (Wildman–Crippen LogP) is 3.03. The zero-order chi connectivity index (χ0) is 20.5. The van der Waals surface area contributed by atoms with Gasteiger partial charge < -0.3 is 15.5 Å². The number of nitrogens with zero attached hydrogens (tertiary/aromatic N) is 1. The average molecular weight is 416 g/mol. The van der Waals surface area contributed by atoms with E-state index in [2.05, 4.69) is 10.6 Å². The summed E-state index contributed by atoms with van der Waals surface area (Å²) < 4.78 is 13.1. The maximum absolute atomic E-state index is 13.1. The molecule has 6 nitrogen and oxygen atoms in total. The van der Waals surface area contributed by atoms with E-state index in [0.29, 0.717) is 31.4 Å². The van der Waals surface area contributed by atoms with Crippen LogP contribution in [0.5, 0.6) is 0 Å². The number of aryl methyl sites for hydroxylation is 1. The van der Waals surface area contributed by atoms with Crippen molar-refractivity contribution in [3.05, 3.63) is 58.4 Å². The Kier molecular flexibility index (Phi) is 5.24. The second-order valence-corrected chi connectivity index (χ2v) is 7.58. The minimum absolute atomic E-state index is 0.0134. The minimum Gasteiger partial charge on any atom is -0.351 e. The van der Waals surface area contributed by atoms with Gasteiger partial charge in [-0.05, 0) is 54.3 Å². The number of halogens is 2. The van der Waals surface area contributed by atoms with Crippen molar-refractivity contribution in [2.45, 2.75) is 25.8 Å². The van der Waals surface area contributed by atoms with Gasteiger partial charge in [0.05, 0.1) is 0 Å². The van der Waals surface area contributed by atoms with Crippen molar-refractivity contribution >= 4 is 40.7 Å². The molecule has 2 aromatic carbocycles. The van der Waals surface area contributed by atoms with Crippen LogP contribution in [0.25, 0.3) is 0 Å². The molecule has 1 atom stereocenters. The van der Waals surface area contributed by atoms with Crippen molar-refractivity contribution < 1.29 is 18.8 Å². The highest BCUT2D eigenvalue weighted by atomic mass is 35.5. The van der Waals surface area contributed by atoms with Crippen LogP contribution in [0.1, 0.15) is 24.0 Å². The van der Waals surface area contributed by atoms with Gasteiger partial charge in [-0.3, -0.25) is 14.4 Å². The number of fused-ring (bicyclic) bond motifs is 1. The molecule has 2 aliphatic heterocycles. The quantitative estimate of drug-likeness (QED) is 0.753. The standard InChI is InChI=1S/C21H19ClFN3O3/c22-17-10-14(23)3-1-13(17)11-24-20(28)16-7-8-26(21(16)29)15-4-5-18-12(9-15)2-6-19(27)25-18/h1,3-5,9-10,16H,2,6-8,11H2,(H,24,28)(H,25,27). The molecule has 2 N–H and O–H groups in total. The Morgan fingerprint density at radius 2 is 2.03 bits per heavy atom. The van der Waals surface area contributed by atoms with E-state index in [1.165, 1.54) is 18.2 Å². The van der Waals surface area contributed by atoms with Crippen LogP contribution in [0.3, 0.4) is 0 Å². The molecule has 2 heterocycles. The molecule has 0 bridgehead atoms. The molecule has 0 spiro atoms. The van der Waals surface area contributed by atoms with Gasteiger partial charge in [0.1, 0.15) is 11.7 Å². The maximum Gasteiger partial charge on any atom is 0.239 e. The van der Waals surface area contributed by atoms with Gasteiger partial charge >= 0.3 is 0 Å². The first-order valence-corrected chi connectivity index (χ1v) is 9.76. The molecule has 0 aromatic heterocycles. The van der Waals surface area contributed by atoms with Crippen LogP contribution < -0.4 is 15.5 Å². The average Bonchev–Trinajstić information content (AvgIpc) is 3.08. The van der Waals surface area contributed by atoms with E-state index in [1.807, 2.05) is 6.07 Å². The Morgan fingerprint density at radius 3 is 2.83 bits per heavy atom. The molecule has 3 amide bonds. The summed E-state index contributed by atoms with van der Waals surface area (Å²) in [5.41, 5.74) is 3.05. The van der Waals surface area contributed by atoms with Crippen LogP contribution in [0.2, 0.25) is 5.02 Å². The second-order valence-electron chi connectivity index (χ2n) is 7.17. The Balaban J connectivity index is 1.42. The van der Waals surface area contributed by atoms with Crippen molar-refractivity contribution in [2.75, 3.05) is 16.8 Å². The minimum atomic E-state index is -0.773. The van der Waals surface area contributed by atoms with Crippen LogP contribution >= 0.6 is 11.6 Å². The Morgan fingerprint density at radius 1 is 1.21 bits per heavy atom. The number of carbonyl (C=O) groups excluding carboxylic acids is 3. The van der Waals surface area contributed by atoms with Crippen LogP contribution in [-0.2, 0) is 27.3 Å². The zero-order valence-corrected chi connectivity index (χ0v) is 16.3. The smallest absolute Gasteiger partial charge is 0.239 e. The normalized spacial score (nSPS) is 18.4. The van der Waals surface area contributed by atoms with Crippen LogP contribution in [-0.4, -0.2) is 24.3 Å². The molecular weight excluding hydrogens is 397 g/mol. The Hall–Kier alpha value is -2.93. The largest absolute Gasteiger partial charge is 0.351 e. The lowest BCUT2D eigenvalue weighted by atomic mass is 10.0. The van der Waals surface area contributed by atoms with Gasteiger partial charge in [0.15, 0.2) is 0 Å². The van der Waals surface area contributed by atoms with Crippen molar-refractivity contribution in [2.24, 2.45) is 5.92 Å². The lowest BCUT2D eigenvalue weighted by Crippen LogP contribution is -2.36. The molecule has 2 aliphatic rings. The molecule has 4 rings (SSSR count). The van der Waals surface area contributed by atoms with Crippen molar-refractivity contribution in [1.82, 2.24) is 5.32 Å². The summed E-state index contributed by atoms with van der Waals surface area (Å²) in [4.78, 5) is 38.4. The van der Waals surface area contributed by atoms with E-state index >= 15 is 0 Å². The van der Waals surface area contributed by atoms with E-state index in [-0.39, 0.29) is 29.3 Å². The summed E-state index contributed by atoms with van der Waals surface area (Å²) in [6.07, 6.45) is 1.45. The second kappa shape index (κ2) is 7.83. The third kappa shape index (κ3) is 3.96. The predicted molar refractivity (Wildman–Crippen MR) is 107 cm³/mol. The highest BCUT2D eigenvalue weighted by Crippen LogP contribution is 2.31. The molecule has 1 unspecified atom stereocenters. The van der Waals surface area contributed by atoms with Gasteiger partial charge in [-0.15, -0.1) is 0 Å². The summed E-state index contributed by atoms with van der Waals surface area (Å²) in [6, 6.07) is 9.43. The monoisotopic (exact) mass is 415 g/mol. The van der Waals surface area contributed by atoms with E-state index in [9.17, 15) is 18.8 Å². The van der Waals surface area contributed by atoms with Gasteiger partial charge in [0, 0.05) is 35.9 Å². The third-order valence-electron chi connectivity index (χ3n) is 5.29. The van der Waals surface area contributed by atoms with Crippen LogP contribution in [0.15, 0.2) is 36.4 Å². The fraction of sp³-hybridized carbons (Fsp3) is 0.286. The number of hydrogen-bond acceptors (Lipinski definition) is 3. The fourth-order valence-electron chi connectivity index (χ4n) is 3.69. The topological polar surface area (TPSA) is 78.5 Å². The number of benzene rings is 2. The third-order valence-corrected chi connectivity index (χ3v) is 5.64. The lowest BCUT2D eigenvalue weighted by Gasteiger charge is -2.22. The number of nitrogens with one attached hydrogen (secondary N) is 2. The highest BCUT2D eigenvalue weighted by molar-refractivity contribution is 6.31. The molecule has 0 aliphatic carbocycles. The number of carbonyl (C=O) groups is 3. The first kappa shape index (κ1) is 19.4. The molecule has 1 saturated heterocycles. The number of rotatable bonds is 4. The Labute approximate surface area is 172 Å². The first-order valence-electron chi connectivity index (χ1n) is 9.38. The lowest BCUT2D eigenvalue weighted by molar-refractivity contribution is -0.132. The van der Waals surface area contributed by atoms with Crippen LogP contribution in [0, 0.1) is 11.7 Å². The van der Waals surface area contributed by atoms with E-state index in [0.717, 1.165) is 16.9 Å². The summed E-state index contributed by atoms with van der Waals surface area (Å²) in [6.45, 7) is 0.569. The highest BCUT2D eigenvalue weighted by Gasteiger charge is 2.37. The first-order chi connectivity index (χ1) is 13.9. The van der Waals surface area contributed by atoms with Crippen molar-refractivity contribution in [3.8, 4) is 0 Å². The number of anilines is 2. The summed E-state index contributed by atoms with van der Waals surface area (Å²) in [5.74, 6) is -1.86. The molecule has 2 aromatic rings. The van der Waals surface area contributed by atoms with Crippen molar-refractivity contribution in [1.29, 1.82) is 0 Å². The van der Waals surface area contributed by atoms with Crippen molar-refractivity contribution in [3.63, 3.8) is 0 Å². The zero-order valence-electron chi connectivity index (χ0n) is 15.5. The fourth-order valence-corrected chi connectivity index (χ4v) is 3.92. The van der Waals surface area contributed by atoms with Gasteiger partial charge in [-0.2, -0.15) is 0 Å². The summed E-state index contributed by atoms with van der Waals surface area (Å²) in [5, 5.41) is 5.76. The molecule has 29 heavy (non-hydrogen) atoms. The van der Waals surface area contributed by atoms with Gasteiger partial charge in [-0.1, -0.05) is 17.7 Å². The molecule has 150 valence electrons. The van der Waals surface area contributed by atoms with E-state index in [1.54, 1.807) is 17.0 Å². The number of hydrogen-bond donors (Lipinski definition) is 2. The van der Waals surface area contributed by atoms with E-state index in [4.69, 9.17) is 11.6 Å². The maximum atomic E-state index is 13.1. The van der Waals surface area contributed by atoms with Crippen LogP contribution in [0.4, 0.5) is 15.8 Å². The molecule has 8 heteroatoms. The van der Waals surface area contributed by atoms with E-state index < -0.39 is 11.7 Å². The molecule has 1 fully saturated rings. The van der Waals surface area contributed by atoms with Gasteiger partial charge in [-0.25, -0.2) is 4.39 Å². The Bertz CT molecular complexity index is 1010. The summed E-state index contributed by atoms with van der Waals surface area (Å²) >= 11 is 5.98. The number of amides is 3.